The standard InChI is InChI=1S/C19H20ClF2N5S/c20-15-3-1-13(2-4-15)12-26-5-7-27(8-6-26)18-10-16(21)14(9-17(18)22)11-24-25-19(23)28/h1-4,9-11H,5-8,12H2,(H3,23,25,28)/b24-11+. The maximum Gasteiger partial charge on any atom is 0.184 e. The fourth-order valence-electron chi connectivity index (χ4n) is 3.05. The number of hydrogen-bond donors (Lipinski definition) is 2. The van der Waals surface area contributed by atoms with Gasteiger partial charge in [0.25, 0.3) is 0 Å². The molecule has 3 N–H and O–H groups in total. The average molecular weight is 424 g/mol. The molecule has 0 aliphatic carbocycles. The predicted molar refractivity (Wildman–Crippen MR) is 113 cm³/mol. The summed E-state index contributed by atoms with van der Waals surface area (Å²) >= 11 is 10.5. The summed E-state index contributed by atoms with van der Waals surface area (Å²) in [5, 5.41) is 4.32. The third-order valence-electron chi connectivity index (χ3n) is 4.48. The Morgan fingerprint density at radius 3 is 2.46 bits per heavy atom. The van der Waals surface area contributed by atoms with E-state index in [9.17, 15) is 8.78 Å². The van der Waals surface area contributed by atoms with Crippen LogP contribution in [0.15, 0.2) is 41.5 Å². The zero-order valence-corrected chi connectivity index (χ0v) is 16.6. The Kier molecular flexibility index (Phi) is 6.77. The molecule has 0 radical (unpaired) electrons. The molecule has 0 unspecified atom stereocenters. The zero-order chi connectivity index (χ0) is 20.1. The van der Waals surface area contributed by atoms with E-state index in [1.165, 1.54) is 11.6 Å². The lowest BCUT2D eigenvalue weighted by atomic mass is 10.1. The van der Waals surface area contributed by atoms with Gasteiger partial charge in [0, 0.05) is 49.4 Å². The monoisotopic (exact) mass is 423 g/mol. The van der Waals surface area contributed by atoms with Gasteiger partial charge in [0.15, 0.2) is 5.11 Å². The third kappa shape index (κ3) is 5.37. The number of rotatable bonds is 5. The Bertz CT molecular complexity index is 867. The van der Waals surface area contributed by atoms with Crippen LogP contribution in [0.4, 0.5) is 14.5 Å². The van der Waals surface area contributed by atoms with Crippen molar-refractivity contribution in [1.82, 2.24) is 10.3 Å². The molecule has 2 aromatic rings. The molecule has 1 saturated heterocycles. The summed E-state index contributed by atoms with van der Waals surface area (Å²) in [5.41, 5.74) is 8.99. The van der Waals surface area contributed by atoms with Gasteiger partial charge in [-0.1, -0.05) is 23.7 Å². The lowest BCUT2D eigenvalue weighted by molar-refractivity contribution is 0.249. The van der Waals surface area contributed by atoms with Crippen LogP contribution >= 0.6 is 23.8 Å². The Morgan fingerprint density at radius 2 is 1.82 bits per heavy atom. The van der Waals surface area contributed by atoms with Crippen LogP contribution in [0.2, 0.25) is 5.02 Å². The van der Waals surface area contributed by atoms with E-state index in [0.717, 1.165) is 31.9 Å². The minimum Gasteiger partial charge on any atom is -0.375 e. The molecule has 0 amide bonds. The highest BCUT2D eigenvalue weighted by atomic mass is 35.5. The van der Waals surface area contributed by atoms with Crippen LogP contribution < -0.4 is 16.1 Å². The summed E-state index contributed by atoms with van der Waals surface area (Å²) in [6, 6.07) is 10.0. The number of hydrogen-bond acceptors (Lipinski definition) is 4. The van der Waals surface area contributed by atoms with Crippen LogP contribution in [0.25, 0.3) is 0 Å². The Morgan fingerprint density at radius 1 is 1.14 bits per heavy atom. The first-order valence-electron chi connectivity index (χ1n) is 8.71. The molecule has 1 aliphatic heterocycles. The summed E-state index contributed by atoms with van der Waals surface area (Å²) in [6.07, 6.45) is 1.14. The molecule has 0 bridgehead atoms. The zero-order valence-electron chi connectivity index (χ0n) is 15.0. The average Bonchev–Trinajstić information content (AvgIpc) is 2.66. The number of benzene rings is 2. The van der Waals surface area contributed by atoms with E-state index >= 15 is 0 Å². The normalized spacial score (nSPS) is 15.2. The van der Waals surface area contributed by atoms with Crippen molar-refractivity contribution in [3.8, 4) is 0 Å². The van der Waals surface area contributed by atoms with Gasteiger partial charge in [-0.15, -0.1) is 0 Å². The van der Waals surface area contributed by atoms with Crippen molar-refractivity contribution in [1.29, 1.82) is 0 Å². The van der Waals surface area contributed by atoms with Gasteiger partial charge < -0.3 is 10.6 Å². The molecular weight excluding hydrogens is 404 g/mol. The quantitative estimate of drug-likeness (QED) is 0.439. The highest BCUT2D eigenvalue weighted by molar-refractivity contribution is 7.80. The Hall–Kier alpha value is -2.29. The first-order valence-corrected chi connectivity index (χ1v) is 9.50. The summed E-state index contributed by atoms with van der Waals surface area (Å²) in [4.78, 5) is 4.13. The topological polar surface area (TPSA) is 56.9 Å². The van der Waals surface area contributed by atoms with E-state index in [2.05, 4.69) is 27.6 Å². The minimum absolute atomic E-state index is 0.0198. The number of anilines is 1. The van der Waals surface area contributed by atoms with Crippen LogP contribution in [0.5, 0.6) is 0 Å². The summed E-state index contributed by atoms with van der Waals surface area (Å²) < 4.78 is 28.8. The lowest BCUT2D eigenvalue weighted by Crippen LogP contribution is -2.46. The van der Waals surface area contributed by atoms with E-state index in [4.69, 9.17) is 17.3 Å². The van der Waals surface area contributed by atoms with Gasteiger partial charge >= 0.3 is 0 Å². The second-order valence-corrected chi connectivity index (χ2v) is 7.33. The SMILES string of the molecule is NC(=S)N/N=C/c1cc(F)c(N2CCN(Cc3ccc(Cl)cc3)CC2)cc1F. The van der Waals surface area contributed by atoms with Gasteiger partial charge in [-0.3, -0.25) is 10.3 Å². The smallest absolute Gasteiger partial charge is 0.184 e. The van der Waals surface area contributed by atoms with Gasteiger partial charge in [0.05, 0.1) is 11.9 Å². The van der Waals surface area contributed by atoms with Crippen molar-refractivity contribution >= 4 is 40.8 Å². The van der Waals surface area contributed by atoms with E-state index in [1.54, 1.807) is 0 Å². The molecule has 5 nitrogen and oxygen atoms in total. The van der Waals surface area contributed by atoms with E-state index in [1.807, 2.05) is 29.2 Å². The molecular formula is C19H20ClF2N5S. The van der Waals surface area contributed by atoms with Crippen molar-refractivity contribution in [2.24, 2.45) is 10.8 Å². The fraction of sp³-hybridized carbons (Fsp3) is 0.263. The molecule has 1 heterocycles. The lowest BCUT2D eigenvalue weighted by Gasteiger charge is -2.36. The maximum absolute atomic E-state index is 14.5. The number of nitrogens with two attached hydrogens (primary N) is 1. The minimum atomic E-state index is -0.562. The number of halogens is 3. The number of hydrazone groups is 1. The predicted octanol–water partition coefficient (Wildman–Crippen LogP) is 3.11. The molecule has 148 valence electrons. The summed E-state index contributed by atoms with van der Waals surface area (Å²) in [5.74, 6) is -1.06. The maximum atomic E-state index is 14.5. The second kappa shape index (κ2) is 9.27. The number of piperazine rings is 1. The Labute approximate surface area is 172 Å². The molecule has 2 aromatic carbocycles. The van der Waals surface area contributed by atoms with E-state index in [0.29, 0.717) is 18.1 Å². The molecule has 3 rings (SSSR count). The summed E-state index contributed by atoms with van der Waals surface area (Å²) in [7, 11) is 0. The first-order chi connectivity index (χ1) is 13.4. The molecule has 9 heteroatoms. The van der Waals surface area contributed by atoms with Crippen LogP contribution in [0.1, 0.15) is 11.1 Å². The number of thiocarbonyl (C=S) groups is 1. The van der Waals surface area contributed by atoms with Crippen molar-refractivity contribution in [3.63, 3.8) is 0 Å². The molecule has 1 fully saturated rings. The molecule has 0 spiro atoms. The Balaban J connectivity index is 1.62. The summed E-state index contributed by atoms with van der Waals surface area (Å²) in [6.45, 7) is 3.53. The number of nitrogens with one attached hydrogen (secondary N) is 1. The highest BCUT2D eigenvalue weighted by Crippen LogP contribution is 2.24. The van der Waals surface area contributed by atoms with E-state index in [-0.39, 0.29) is 16.4 Å². The van der Waals surface area contributed by atoms with Crippen LogP contribution in [0.3, 0.4) is 0 Å². The van der Waals surface area contributed by atoms with Crippen molar-refractivity contribution in [3.05, 3.63) is 64.2 Å². The molecule has 1 aliphatic rings. The third-order valence-corrected chi connectivity index (χ3v) is 4.82. The van der Waals surface area contributed by atoms with Crippen molar-refractivity contribution in [2.45, 2.75) is 6.54 Å². The largest absolute Gasteiger partial charge is 0.375 e. The fourth-order valence-corrected chi connectivity index (χ4v) is 3.23. The van der Waals surface area contributed by atoms with E-state index < -0.39 is 11.6 Å². The van der Waals surface area contributed by atoms with Gasteiger partial charge in [-0.2, -0.15) is 5.10 Å². The van der Waals surface area contributed by atoms with Gasteiger partial charge in [0.2, 0.25) is 0 Å². The van der Waals surface area contributed by atoms with Crippen LogP contribution in [-0.4, -0.2) is 42.4 Å². The second-order valence-electron chi connectivity index (χ2n) is 6.45. The van der Waals surface area contributed by atoms with Gasteiger partial charge in [-0.25, -0.2) is 8.78 Å². The molecule has 0 aromatic heterocycles. The molecule has 28 heavy (non-hydrogen) atoms. The number of nitrogens with zero attached hydrogens (tertiary/aromatic N) is 3. The first kappa shape index (κ1) is 20.4. The van der Waals surface area contributed by atoms with Gasteiger partial charge in [-0.05, 0) is 36.0 Å². The van der Waals surface area contributed by atoms with Crippen molar-refractivity contribution < 1.29 is 8.78 Å². The van der Waals surface area contributed by atoms with Gasteiger partial charge in [0.1, 0.15) is 11.6 Å². The highest BCUT2D eigenvalue weighted by Gasteiger charge is 2.21. The molecule has 0 atom stereocenters. The van der Waals surface area contributed by atoms with Crippen molar-refractivity contribution in [2.75, 3.05) is 31.1 Å². The molecule has 0 saturated carbocycles. The van der Waals surface area contributed by atoms with Crippen LogP contribution in [-0.2, 0) is 6.54 Å². The van der Waals surface area contributed by atoms with Crippen LogP contribution in [0, 0.1) is 11.6 Å².